The number of halogens is 2. The SMILES string of the molecule is Cc1ccc2c(NCC(F)F)nc(=O)n(-c3ncccn3)c2c1. The minimum absolute atomic E-state index is 0.123. The molecular formula is C15H13F2N5O. The van der Waals surface area contributed by atoms with E-state index in [2.05, 4.69) is 20.3 Å². The number of anilines is 1. The Hall–Kier alpha value is -2.90. The van der Waals surface area contributed by atoms with E-state index in [9.17, 15) is 13.6 Å². The predicted octanol–water partition coefficient (Wildman–Crippen LogP) is 2.16. The van der Waals surface area contributed by atoms with E-state index in [1.807, 2.05) is 13.0 Å². The van der Waals surface area contributed by atoms with Crippen LogP contribution in [0.4, 0.5) is 14.6 Å². The highest BCUT2D eigenvalue weighted by Gasteiger charge is 2.14. The lowest BCUT2D eigenvalue weighted by Crippen LogP contribution is -2.26. The second-order valence-corrected chi connectivity index (χ2v) is 4.92. The van der Waals surface area contributed by atoms with Gasteiger partial charge in [-0.05, 0) is 30.7 Å². The molecule has 3 rings (SSSR count). The Balaban J connectivity index is 2.26. The van der Waals surface area contributed by atoms with E-state index in [1.54, 1.807) is 18.2 Å². The van der Waals surface area contributed by atoms with Crippen LogP contribution in [0, 0.1) is 6.92 Å². The first-order valence-corrected chi connectivity index (χ1v) is 6.89. The van der Waals surface area contributed by atoms with Crippen LogP contribution in [0.5, 0.6) is 0 Å². The van der Waals surface area contributed by atoms with Gasteiger partial charge in [0.1, 0.15) is 5.82 Å². The molecule has 0 bridgehead atoms. The number of fused-ring (bicyclic) bond motifs is 1. The van der Waals surface area contributed by atoms with E-state index in [0.717, 1.165) is 5.56 Å². The highest BCUT2D eigenvalue weighted by atomic mass is 19.3. The van der Waals surface area contributed by atoms with Crippen molar-refractivity contribution in [3.63, 3.8) is 0 Å². The third-order valence-corrected chi connectivity index (χ3v) is 3.22. The molecule has 2 heterocycles. The number of hydrogen-bond donors (Lipinski definition) is 1. The van der Waals surface area contributed by atoms with Gasteiger partial charge >= 0.3 is 5.69 Å². The van der Waals surface area contributed by atoms with E-state index in [4.69, 9.17) is 0 Å². The maximum Gasteiger partial charge on any atom is 0.357 e. The minimum Gasteiger partial charge on any atom is -0.364 e. The molecule has 0 aliphatic rings. The molecule has 0 atom stereocenters. The number of aromatic nitrogens is 4. The first-order valence-electron chi connectivity index (χ1n) is 6.89. The normalized spacial score (nSPS) is 11.1. The molecule has 0 saturated heterocycles. The summed E-state index contributed by atoms with van der Waals surface area (Å²) in [5.74, 6) is 0.304. The summed E-state index contributed by atoms with van der Waals surface area (Å²) in [5, 5.41) is 3.06. The van der Waals surface area contributed by atoms with Crippen molar-refractivity contribution in [2.24, 2.45) is 0 Å². The van der Waals surface area contributed by atoms with Gasteiger partial charge in [0.05, 0.1) is 12.1 Å². The van der Waals surface area contributed by atoms with Crippen LogP contribution in [0.3, 0.4) is 0 Å². The minimum atomic E-state index is -2.54. The van der Waals surface area contributed by atoms with Crippen LogP contribution in [0.15, 0.2) is 41.5 Å². The van der Waals surface area contributed by atoms with E-state index in [0.29, 0.717) is 10.9 Å². The molecule has 3 aromatic rings. The fraction of sp³-hybridized carbons (Fsp3) is 0.200. The number of nitrogens with one attached hydrogen (secondary N) is 1. The van der Waals surface area contributed by atoms with Crippen molar-refractivity contribution in [3.05, 3.63) is 52.7 Å². The number of hydrogen-bond acceptors (Lipinski definition) is 5. The van der Waals surface area contributed by atoms with Gasteiger partial charge in [-0.15, -0.1) is 0 Å². The van der Waals surface area contributed by atoms with Crippen LogP contribution in [0.2, 0.25) is 0 Å². The van der Waals surface area contributed by atoms with Crippen LogP contribution in [0.25, 0.3) is 16.9 Å². The third kappa shape index (κ3) is 3.01. The van der Waals surface area contributed by atoms with Crippen LogP contribution in [0.1, 0.15) is 5.56 Å². The molecule has 0 unspecified atom stereocenters. The Kier molecular flexibility index (Phi) is 3.96. The van der Waals surface area contributed by atoms with Gasteiger partial charge < -0.3 is 5.32 Å². The highest BCUT2D eigenvalue weighted by Crippen LogP contribution is 2.22. The monoisotopic (exact) mass is 317 g/mol. The first kappa shape index (κ1) is 15.0. The van der Waals surface area contributed by atoms with Crippen LogP contribution in [-0.2, 0) is 0 Å². The summed E-state index contributed by atoms with van der Waals surface area (Å²) in [7, 11) is 0. The Bertz CT molecular complexity index is 896. The lowest BCUT2D eigenvalue weighted by atomic mass is 10.1. The molecule has 0 radical (unpaired) electrons. The van der Waals surface area contributed by atoms with E-state index < -0.39 is 18.7 Å². The Morgan fingerprint density at radius 3 is 2.70 bits per heavy atom. The molecule has 0 spiro atoms. The van der Waals surface area contributed by atoms with Crippen molar-refractivity contribution in [3.8, 4) is 5.95 Å². The van der Waals surface area contributed by atoms with Crippen LogP contribution >= 0.6 is 0 Å². The molecule has 0 aliphatic heterocycles. The van der Waals surface area contributed by atoms with E-state index >= 15 is 0 Å². The van der Waals surface area contributed by atoms with Crippen molar-refractivity contribution in [1.29, 1.82) is 0 Å². The summed E-state index contributed by atoms with van der Waals surface area (Å²) in [6, 6.07) is 6.94. The largest absolute Gasteiger partial charge is 0.364 e. The molecule has 2 aromatic heterocycles. The standard InChI is InChI=1S/C15H13F2N5O/c1-9-3-4-10-11(7-9)22(14-18-5-2-6-19-14)15(23)21-13(10)20-8-12(16)17/h2-7,12H,8H2,1H3,(H,20,21,23). The number of alkyl halides is 2. The molecule has 23 heavy (non-hydrogen) atoms. The fourth-order valence-electron chi connectivity index (χ4n) is 2.24. The predicted molar refractivity (Wildman–Crippen MR) is 82.2 cm³/mol. The molecule has 118 valence electrons. The maximum absolute atomic E-state index is 12.4. The van der Waals surface area contributed by atoms with Crippen molar-refractivity contribution in [1.82, 2.24) is 19.5 Å². The van der Waals surface area contributed by atoms with Gasteiger partial charge in [0.25, 0.3) is 6.43 Å². The Morgan fingerprint density at radius 1 is 1.26 bits per heavy atom. The molecule has 1 aromatic carbocycles. The Labute approximate surface area is 129 Å². The van der Waals surface area contributed by atoms with E-state index in [1.165, 1.54) is 17.0 Å². The van der Waals surface area contributed by atoms with Crippen LogP contribution < -0.4 is 11.0 Å². The zero-order chi connectivity index (χ0) is 16.4. The molecule has 1 N–H and O–H groups in total. The summed E-state index contributed by atoms with van der Waals surface area (Å²) < 4.78 is 26.1. The molecule has 0 fully saturated rings. The van der Waals surface area contributed by atoms with Crippen LogP contribution in [-0.4, -0.2) is 32.5 Å². The van der Waals surface area contributed by atoms with Gasteiger partial charge in [-0.1, -0.05) is 6.07 Å². The second-order valence-electron chi connectivity index (χ2n) is 4.92. The first-order chi connectivity index (χ1) is 11.1. The molecular weight excluding hydrogens is 304 g/mol. The fourth-order valence-corrected chi connectivity index (χ4v) is 2.24. The lowest BCUT2D eigenvalue weighted by molar-refractivity contribution is 0.163. The van der Waals surface area contributed by atoms with Gasteiger partial charge in [0.2, 0.25) is 5.95 Å². The summed E-state index contributed by atoms with van der Waals surface area (Å²) in [6.07, 6.45) is 0.482. The summed E-state index contributed by atoms with van der Waals surface area (Å²) in [6.45, 7) is 1.29. The van der Waals surface area contributed by atoms with Gasteiger partial charge in [-0.25, -0.2) is 28.1 Å². The van der Waals surface area contributed by atoms with Crippen molar-refractivity contribution >= 4 is 16.7 Å². The van der Waals surface area contributed by atoms with Crippen molar-refractivity contribution in [2.75, 3.05) is 11.9 Å². The summed E-state index contributed by atoms with van der Waals surface area (Å²) in [4.78, 5) is 24.3. The molecule has 0 amide bonds. The topological polar surface area (TPSA) is 72.7 Å². The van der Waals surface area contributed by atoms with E-state index in [-0.39, 0.29) is 11.8 Å². The zero-order valence-electron chi connectivity index (χ0n) is 12.2. The van der Waals surface area contributed by atoms with Gasteiger partial charge in [0, 0.05) is 17.8 Å². The summed E-state index contributed by atoms with van der Waals surface area (Å²) in [5.41, 5.74) is 0.784. The average molecular weight is 317 g/mol. The van der Waals surface area contributed by atoms with Gasteiger partial charge in [-0.3, -0.25) is 0 Å². The molecule has 0 aliphatic carbocycles. The lowest BCUT2D eigenvalue weighted by Gasteiger charge is -2.13. The van der Waals surface area contributed by atoms with Gasteiger partial charge in [0.15, 0.2) is 0 Å². The number of aryl methyl sites for hydroxylation is 1. The Morgan fingerprint density at radius 2 is 2.00 bits per heavy atom. The third-order valence-electron chi connectivity index (χ3n) is 3.22. The number of nitrogens with zero attached hydrogens (tertiary/aromatic N) is 4. The maximum atomic E-state index is 12.4. The van der Waals surface area contributed by atoms with Crippen molar-refractivity contribution in [2.45, 2.75) is 13.3 Å². The van der Waals surface area contributed by atoms with Gasteiger partial charge in [-0.2, -0.15) is 4.98 Å². The highest BCUT2D eigenvalue weighted by molar-refractivity contribution is 5.90. The molecule has 0 saturated carbocycles. The molecule has 8 heteroatoms. The number of benzene rings is 1. The number of rotatable bonds is 4. The quantitative estimate of drug-likeness (QED) is 0.798. The smallest absolute Gasteiger partial charge is 0.357 e. The zero-order valence-corrected chi connectivity index (χ0v) is 12.2. The summed E-state index contributed by atoms with van der Waals surface area (Å²) >= 11 is 0. The average Bonchev–Trinajstić information content (AvgIpc) is 2.53. The second kappa shape index (κ2) is 6.07. The molecule has 6 nitrogen and oxygen atoms in total. The van der Waals surface area contributed by atoms with Crippen molar-refractivity contribution < 1.29 is 8.78 Å².